The molecule has 0 aliphatic carbocycles. The summed E-state index contributed by atoms with van der Waals surface area (Å²) < 4.78 is 5.37. The van der Waals surface area contributed by atoms with Crippen LogP contribution >= 0.6 is 24.8 Å². The molecule has 116 valence electrons. The third kappa shape index (κ3) is 4.17. The minimum Gasteiger partial charge on any atom is -0.337 e. The molecule has 7 heteroatoms. The Balaban J connectivity index is 0.00000110. The molecule has 2 heterocycles. The molecule has 1 atom stereocenters. The Kier molecular flexibility index (Phi) is 7.11. The number of nitrogens with two attached hydrogens (primary N) is 1. The maximum atomic E-state index is 5.58. The van der Waals surface area contributed by atoms with Gasteiger partial charge in [-0.1, -0.05) is 35.8 Å². The van der Waals surface area contributed by atoms with Crippen LogP contribution in [0.5, 0.6) is 0 Å². The lowest BCUT2D eigenvalue weighted by Gasteiger charge is -2.19. The van der Waals surface area contributed by atoms with E-state index in [1.165, 1.54) is 12.8 Å². The summed E-state index contributed by atoms with van der Waals surface area (Å²) in [5, 5.41) is 7.47. The zero-order valence-corrected chi connectivity index (χ0v) is 13.3. The fraction of sp³-hybridized carbons (Fsp3) is 0.429. The lowest BCUT2D eigenvalue weighted by Crippen LogP contribution is -2.26. The molecule has 0 spiro atoms. The van der Waals surface area contributed by atoms with E-state index in [2.05, 4.69) is 15.5 Å². The predicted octanol–water partition coefficient (Wildman–Crippen LogP) is 2.85. The maximum Gasteiger partial charge on any atom is 0.244 e. The molecule has 0 radical (unpaired) electrons. The Morgan fingerprint density at radius 3 is 2.57 bits per heavy atom. The predicted molar refractivity (Wildman–Crippen MR) is 86.7 cm³/mol. The first-order valence-electron chi connectivity index (χ1n) is 6.73. The van der Waals surface area contributed by atoms with Crippen LogP contribution in [-0.4, -0.2) is 16.7 Å². The Labute approximate surface area is 136 Å². The van der Waals surface area contributed by atoms with E-state index in [1.807, 2.05) is 24.3 Å². The topological polar surface area (TPSA) is 77.0 Å². The van der Waals surface area contributed by atoms with E-state index < -0.39 is 0 Å². The van der Waals surface area contributed by atoms with Crippen molar-refractivity contribution in [3.05, 3.63) is 35.7 Å². The van der Waals surface area contributed by atoms with Gasteiger partial charge in [-0.05, 0) is 24.9 Å². The molecule has 3 N–H and O–H groups in total. The number of rotatable bonds is 3. The molecule has 21 heavy (non-hydrogen) atoms. The van der Waals surface area contributed by atoms with Crippen LogP contribution in [0, 0.1) is 0 Å². The molecule has 3 rings (SSSR count). The molecule has 1 aromatic heterocycles. The van der Waals surface area contributed by atoms with Crippen LogP contribution in [0.2, 0.25) is 0 Å². The van der Waals surface area contributed by atoms with Crippen molar-refractivity contribution >= 4 is 24.8 Å². The summed E-state index contributed by atoms with van der Waals surface area (Å²) in [4.78, 5) is 4.49. The van der Waals surface area contributed by atoms with Crippen molar-refractivity contribution in [2.75, 3.05) is 6.54 Å². The summed E-state index contributed by atoms with van der Waals surface area (Å²) >= 11 is 0. The zero-order valence-electron chi connectivity index (χ0n) is 11.6. The van der Waals surface area contributed by atoms with E-state index in [-0.39, 0.29) is 30.9 Å². The highest BCUT2D eigenvalue weighted by Crippen LogP contribution is 2.24. The molecule has 1 aliphatic heterocycles. The SMILES string of the molecule is Cl.Cl.NCc1ccc(-c2noc(C3CCCCN3)n2)cc1. The second-order valence-electron chi connectivity index (χ2n) is 4.86. The van der Waals surface area contributed by atoms with Crippen molar-refractivity contribution in [3.63, 3.8) is 0 Å². The van der Waals surface area contributed by atoms with Crippen LogP contribution in [0.4, 0.5) is 0 Å². The van der Waals surface area contributed by atoms with Gasteiger partial charge >= 0.3 is 0 Å². The molecule has 0 saturated carbocycles. The quantitative estimate of drug-likeness (QED) is 0.904. The number of halogens is 2. The standard InChI is InChI=1S/C14H18N4O.2ClH/c15-9-10-4-6-11(7-5-10)13-17-14(19-18-13)12-3-1-2-8-16-12;;/h4-7,12,16H,1-3,8-9,15H2;2*1H. The van der Waals surface area contributed by atoms with Crippen LogP contribution < -0.4 is 11.1 Å². The monoisotopic (exact) mass is 330 g/mol. The number of aromatic nitrogens is 2. The van der Waals surface area contributed by atoms with E-state index in [9.17, 15) is 0 Å². The van der Waals surface area contributed by atoms with E-state index in [0.29, 0.717) is 18.3 Å². The highest BCUT2D eigenvalue weighted by Gasteiger charge is 2.21. The normalized spacial score (nSPS) is 17.7. The number of nitrogens with one attached hydrogen (secondary N) is 1. The number of nitrogens with zero attached hydrogens (tertiary/aromatic N) is 2. The summed E-state index contributed by atoms with van der Waals surface area (Å²) in [6.07, 6.45) is 3.49. The van der Waals surface area contributed by atoms with Crippen molar-refractivity contribution in [3.8, 4) is 11.4 Å². The third-order valence-corrected chi connectivity index (χ3v) is 3.50. The molecular formula is C14H20Cl2N4O. The Morgan fingerprint density at radius 1 is 1.19 bits per heavy atom. The minimum absolute atomic E-state index is 0. The Hall–Kier alpha value is -1.14. The van der Waals surface area contributed by atoms with E-state index in [1.54, 1.807) is 0 Å². The molecular weight excluding hydrogens is 311 g/mol. The number of hydrogen-bond acceptors (Lipinski definition) is 5. The summed E-state index contributed by atoms with van der Waals surface area (Å²) in [7, 11) is 0. The molecule has 1 unspecified atom stereocenters. The van der Waals surface area contributed by atoms with Gasteiger partial charge in [0, 0.05) is 12.1 Å². The van der Waals surface area contributed by atoms with Gasteiger partial charge in [0.2, 0.25) is 11.7 Å². The lowest BCUT2D eigenvalue weighted by atomic mass is 10.1. The van der Waals surface area contributed by atoms with Crippen LogP contribution in [0.1, 0.15) is 36.8 Å². The van der Waals surface area contributed by atoms with Crippen molar-refractivity contribution in [1.82, 2.24) is 15.5 Å². The third-order valence-electron chi connectivity index (χ3n) is 3.50. The number of benzene rings is 1. The summed E-state index contributed by atoms with van der Waals surface area (Å²) in [5.41, 5.74) is 7.64. The second-order valence-corrected chi connectivity index (χ2v) is 4.86. The van der Waals surface area contributed by atoms with Gasteiger partial charge in [-0.15, -0.1) is 24.8 Å². The van der Waals surface area contributed by atoms with E-state index >= 15 is 0 Å². The van der Waals surface area contributed by atoms with Crippen molar-refractivity contribution in [2.24, 2.45) is 5.73 Å². The number of piperidine rings is 1. The first-order valence-corrected chi connectivity index (χ1v) is 6.73. The molecule has 2 aromatic rings. The Bertz CT molecular complexity index is 538. The van der Waals surface area contributed by atoms with Crippen molar-refractivity contribution in [1.29, 1.82) is 0 Å². The first-order chi connectivity index (χ1) is 9.36. The van der Waals surface area contributed by atoms with Gasteiger partial charge in [-0.3, -0.25) is 0 Å². The average Bonchev–Trinajstić information content (AvgIpc) is 2.98. The highest BCUT2D eigenvalue weighted by molar-refractivity contribution is 5.85. The molecule has 1 saturated heterocycles. The van der Waals surface area contributed by atoms with E-state index in [4.69, 9.17) is 10.3 Å². The molecule has 1 fully saturated rings. The van der Waals surface area contributed by atoms with Gasteiger partial charge in [-0.2, -0.15) is 4.98 Å². The summed E-state index contributed by atoms with van der Waals surface area (Å²) in [6.45, 7) is 1.57. The van der Waals surface area contributed by atoms with Gasteiger partial charge < -0.3 is 15.6 Å². The molecule has 0 amide bonds. The van der Waals surface area contributed by atoms with Crippen LogP contribution in [0.15, 0.2) is 28.8 Å². The van der Waals surface area contributed by atoms with Gasteiger partial charge in [0.1, 0.15) is 0 Å². The first kappa shape index (κ1) is 17.9. The minimum atomic E-state index is 0. The number of hydrogen-bond donors (Lipinski definition) is 2. The smallest absolute Gasteiger partial charge is 0.244 e. The van der Waals surface area contributed by atoms with Gasteiger partial charge in [0.05, 0.1) is 6.04 Å². The summed E-state index contributed by atoms with van der Waals surface area (Å²) in [5.74, 6) is 1.34. The maximum absolute atomic E-state index is 5.58. The van der Waals surface area contributed by atoms with Crippen molar-refractivity contribution < 1.29 is 4.52 Å². The largest absolute Gasteiger partial charge is 0.337 e. The summed E-state index contributed by atoms with van der Waals surface area (Å²) in [6, 6.07) is 8.14. The fourth-order valence-electron chi connectivity index (χ4n) is 2.35. The van der Waals surface area contributed by atoms with Gasteiger partial charge in [0.25, 0.3) is 0 Å². The Morgan fingerprint density at radius 2 is 1.95 bits per heavy atom. The molecule has 1 aromatic carbocycles. The fourth-order valence-corrected chi connectivity index (χ4v) is 2.35. The molecule has 1 aliphatic rings. The van der Waals surface area contributed by atoms with Crippen LogP contribution in [0.25, 0.3) is 11.4 Å². The average molecular weight is 331 g/mol. The molecule has 0 bridgehead atoms. The molecule has 5 nitrogen and oxygen atoms in total. The van der Waals surface area contributed by atoms with E-state index in [0.717, 1.165) is 24.1 Å². The zero-order chi connectivity index (χ0) is 13.1. The van der Waals surface area contributed by atoms with Crippen molar-refractivity contribution in [2.45, 2.75) is 31.8 Å². The van der Waals surface area contributed by atoms with Gasteiger partial charge in [-0.25, -0.2) is 0 Å². The van der Waals surface area contributed by atoms with Crippen LogP contribution in [-0.2, 0) is 6.54 Å². The lowest BCUT2D eigenvalue weighted by molar-refractivity contribution is 0.297. The van der Waals surface area contributed by atoms with Gasteiger partial charge in [0.15, 0.2) is 0 Å². The van der Waals surface area contributed by atoms with Crippen LogP contribution in [0.3, 0.4) is 0 Å². The second kappa shape index (κ2) is 8.34. The highest BCUT2D eigenvalue weighted by atomic mass is 35.5.